The van der Waals surface area contributed by atoms with Crippen LogP contribution in [0, 0.1) is 12.8 Å². The van der Waals surface area contributed by atoms with Gasteiger partial charge in [0.15, 0.2) is 5.13 Å². The lowest BCUT2D eigenvalue weighted by atomic mass is 10.0. The highest BCUT2D eigenvalue weighted by atomic mass is 32.2. The Balaban J connectivity index is 1.52. The number of amides is 2. The van der Waals surface area contributed by atoms with E-state index in [9.17, 15) is 9.59 Å². The molecule has 5 rings (SSSR count). The van der Waals surface area contributed by atoms with Crippen LogP contribution in [0.4, 0.5) is 5.13 Å². The second-order valence-corrected chi connectivity index (χ2v) is 10.9. The van der Waals surface area contributed by atoms with E-state index in [1.54, 1.807) is 11.8 Å². The fourth-order valence-corrected chi connectivity index (χ4v) is 6.54. The Kier molecular flexibility index (Phi) is 6.01. The number of hydrogen-bond donors (Lipinski definition) is 1. The van der Waals surface area contributed by atoms with Gasteiger partial charge in [0.05, 0.1) is 16.1 Å². The molecule has 1 aromatic heterocycles. The molecule has 1 unspecified atom stereocenters. The average molecular weight is 478 g/mol. The van der Waals surface area contributed by atoms with Crippen LogP contribution in [0.25, 0.3) is 10.4 Å². The minimum absolute atomic E-state index is 0.126. The average Bonchev–Trinajstić information content (AvgIpc) is 3.50. The molecular formula is C26H27N3O2S2. The standard InChI is InChI=1S/C26H27N3O2S2/c1-15-24(33-26(27-15)28-17(3)30)20-11-21-13-29(16(2)19-9-10-19)25(31)23(21)22(12-20)32-14-18-7-5-4-6-8-18/h4-8,11-12,16,19H,9-10,13-14H2,1-3H3,(H,27,28,30). The molecule has 1 saturated carbocycles. The number of thiazole rings is 1. The summed E-state index contributed by atoms with van der Waals surface area (Å²) < 4.78 is 0. The van der Waals surface area contributed by atoms with Crippen LogP contribution in [0.2, 0.25) is 0 Å². The minimum atomic E-state index is -0.126. The van der Waals surface area contributed by atoms with Gasteiger partial charge < -0.3 is 10.2 Å². The SMILES string of the molecule is CC(=O)Nc1nc(C)c(-c2cc3c(c(SCc4ccccc4)c2)C(=O)N(C(C)C2CC2)C3)s1. The molecule has 2 aromatic carbocycles. The number of benzene rings is 2. The minimum Gasteiger partial charge on any atom is -0.331 e. The van der Waals surface area contributed by atoms with Gasteiger partial charge in [0.1, 0.15) is 0 Å². The quantitative estimate of drug-likeness (QED) is 0.416. The normalized spacial score (nSPS) is 16.1. The Morgan fingerprint density at radius 2 is 2.03 bits per heavy atom. The van der Waals surface area contributed by atoms with Gasteiger partial charge in [-0.2, -0.15) is 0 Å². The molecule has 2 aliphatic rings. The molecule has 170 valence electrons. The van der Waals surface area contributed by atoms with E-state index in [0.717, 1.165) is 37.9 Å². The molecule has 0 saturated heterocycles. The molecule has 0 bridgehead atoms. The molecule has 1 aliphatic carbocycles. The number of aromatic nitrogens is 1. The van der Waals surface area contributed by atoms with Crippen molar-refractivity contribution in [2.24, 2.45) is 5.92 Å². The van der Waals surface area contributed by atoms with Crippen molar-refractivity contribution in [2.45, 2.75) is 56.8 Å². The third kappa shape index (κ3) is 4.57. The smallest absolute Gasteiger partial charge is 0.255 e. The van der Waals surface area contributed by atoms with Crippen LogP contribution in [-0.4, -0.2) is 27.7 Å². The number of fused-ring (bicyclic) bond motifs is 1. The van der Waals surface area contributed by atoms with Gasteiger partial charge in [-0.15, -0.1) is 11.8 Å². The van der Waals surface area contributed by atoms with Gasteiger partial charge in [-0.05, 0) is 61.4 Å². The first-order chi connectivity index (χ1) is 15.9. The highest BCUT2D eigenvalue weighted by Gasteiger charge is 2.39. The molecule has 2 amide bonds. The lowest BCUT2D eigenvalue weighted by Gasteiger charge is -2.24. The van der Waals surface area contributed by atoms with Gasteiger partial charge in [0.2, 0.25) is 5.91 Å². The van der Waals surface area contributed by atoms with Gasteiger partial charge in [0.25, 0.3) is 5.91 Å². The zero-order chi connectivity index (χ0) is 23.1. The first-order valence-corrected chi connectivity index (χ1v) is 13.1. The van der Waals surface area contributed by atoms with Crippen LogP contribution in [0.15, 0.2) is 47.4 Å². The van der Waals surface area contributed by atoms with E-state index in [-0.39, 0.29) is 17.9 Å². The molecular weight excluding hydrogens is 450 g/mol. The largest absolute Gasteiger partial charge is 0.331 e. The Labute approximate surface area is 202 Å². The number of thioether (sulfide) groups is 1. The lowest BCUT2D eigenvalue weighted by molar-refractivity contribution is -0.114. The van der Waals surface area contributed by atoms with E-state index in [4.69, 9.17) is 0 Å². The van der Waals surface area contributed by atoms with Crippen LogP contribution in [0.5, 0.6) is 0 Å². The Morgan fingerprint density at radius 1 is 1.27 bits per heavy atom. The van der Waals surface area contributed by atoms with Crippen molar-refractivity contribution in [3.05, 3.63) is 64.8 Å². The van der Waals surface area contributed by atoms with Crippen molar-refractivity contribution in [1.29, 1.82) is 0 Å². The van der Waals surface area contributed by atoms with Gasteiger partial charge in [-0.25, -0.2) is 4.98 Å². The molecule has 3 aromatic rings. The van der Waals surface area contributed by atoms with E-state index >= 15 is 0 Å². The molecule has 1 atom stereocenters. The molecule has 2 heterocycles. The van der Waals surface area contributed by atoms with Crippen LogP contribution in [0.1, 0.15) is 53.9 Å². The number of nitrogens with one attached hydrogen (secondary N) is 1. The molecule has 1 aliphatic heterocycles. The Hall–Kier alpha value is -2.64. The summed E-state index contributed by atoms with van der Waals surface area (Å²) in [5, 5.41) is 3.40. The maximum absolute atomic E-state index is 13.5. The van der Waals surface area contributed by atoms with Crippen molar-refractivity contribution >= 4 is 40.0 Å². The summed E-state index contributed by atoms with van der Waals surface area (Å²) >= 11 is 3.20. The van der Waals surface area contributed by atoms with E-state index in [2.05, 4.69) is 46.4 Å². The molecule has 0 spiro atoms. The summed E-state index contributed by atoms with van der Waals surface area (Å²) in [6.45, 7) is 6.31. The number of aryl methyl sites for hydroxylation is 1. The predicted octanol–water partition coefficient (Wildman–Crippen LogP) is 6.12. The summed E-state index contributed by atoms with van der Waals surface area (Å²) in [5.41, 5.74) is 5.13. The number of hydrogen-bond acceptors (Lipinski definition) is 5. The zero-order valence-electron chi connectivity index (χ0n) is 19.1. The van der Waals surface area contributed by atoms with E-state index in [0.29, 0.717) is 17.6 Å². The fraction of sp³-hybridized carbons (Fsp3) is 0.346. The third-order valence-electron chi connectivity index (χ3n) is 6.37. The van der Waals surface area contributed by atoms with Crippen LogP contribution < -0.4 is 5.32 Å². The maximum Gasteiger partial charge on any atom is 0.255 e. The Morgan fingerprint density at radius 3 is 2.73 bits per heavy atom. The number of carbonyl (C=O) groups is 2. The topological polar surface area (TPSA) is 62.3 Å². The fourth-order valence-electron chi connectivity index (χ4n) is 4.45. The van der Waals surface area contributed by atoms with Crippen LogP contribution >= 0.6 is 23.1 Å². The molecule has 7 heteroatoms. The van der Waals surface area contributed by atoms with Gasteiger partial charge in [-0.1, -0.05) is 41.7 Å². The summed E-state index contributed by atoms with van der Waals surface area (Å²) in [6, 6.07) is 14.9. The number of nitrogens with zero attached hydrogens (tertiary/aromatic N) is 2. The van der Waals surface area contributed by atoms with Crippen LogP contribution in [-0.2, 0) is 17.1 Å². The van der Waals surface area contributed by atoms with Crippen molar-refractivity contribution in [1.82, 2.24) is 9.88 Å². The molecule has 1 N–H and O–H groups in total. The summed E-state index contributed by atoms with van der Waals surface area (Å²) in [6.07, 6.45) is 2.43. The highest BCUT2D eigenvalue weighted by molar-refractivity contribution is 7.98. The highest BCUT2D eigenvalue weighted by Crippen LogP contribution is 2.43. The molecule has 33 heavy (non-hydrogen) atoms. The second kappa shape index (κ2) is 8.95. The van der Waals surface area contributed by atoms with E-state index < -0.39 is 0 Å². The lowest BCUT2D eigenvalue weighted by Crippen LogP contribution is -2.34. The first kappa shape index (κ1) is 22.2. The molecule has 1 fully saturated rings. The van der Waals surface area contributed by atoms with Gasteiger partial charge in [-0.3, -0.25) is 9.59 Å². The van der Waals surface area contributed by atoms with E-state index in [1.807, 2.05) is 25.1 Å². The maximum atomic E-state index is 13.5. The zero-order valence-corrected chi connectivity index (χ0v) is 20.7. The third-order valence-corrected chi connectivity index (χ3v) is 8.61. The number of rotatable bonds is 7. The van der Waals surface area contributed by atoms with Crippen molar-refractivity contribution < 1.29 is 9.59 Å². The number of anilines is 1. The summed E-state index contributed by atoms with van der Waals surface area (Å²) in [4.78, 5) is 33.6. The Bertz CT molecular complexity index is 1220. The van der Waals surface area contributed by atoms with Crippen LogP contribution in [0.3, 0.4) is 0 Å². The predicted molar refractivity (Wildman–Crippen MR) is 135 cm³/mol. The first-order valence-electron chi connectivity index (χ1n) is 11.3. The summed E-state index contributed by atoms with van der Waals surface area (Å²) in [5.74, 6) is 1.47. The number of carbonyl (C=O) groups excluding carboxylic acids is 2. The van der Waals surface area contributed by atoms with Gasteiger partial charge >= 0.3 is 0 Å². The monoisotopic (exact) mass is 477 g/mol. The van der Waals surface area contributed by atoms with Gasteiger partial charge in [0, 0.05) is 30.2 Å². The second-order valence-electron chi connectivity index (χ2n) is 8.91. The van der Waals surface area contributed by atoms with E-state index in [1.165, 1.54) is 36.7 Å². The van der Waals surface area contributed by atoms with Crippen molar-refractivity contribution in [2.75, 3.05) is 5.32 Å². The molecule has 5 nitrogen and oxygen atoms in total. The molecule has 0 radical (unpaired) electrons. The summed E-state index contributed by atoms with van der Waals surface area (Å²) in [7, 11) is 0. The van der Waals surface area contributed by atoms with Crippen molar-refractivity contribution in [3.63, 3.8) is 0 Å². The van der Waals surface area contributed by atoms with Crippen molar-refractivity contribution in [3.8, 4) is 10.4 Å².